The van der Waals surface area contributed by atoms with Crippen molar-refractivity contribution in [1.29, 1.82) is 0 Å². The molecule has 0 bridgehead atoms. The van der Waals surface area contributed by atoms with Crippen molar-refractivity contribution in [2.24, 2.45) is 0 Å². The Hall–Kier alpha value is -2.93. The molecule has 0 aliphatic heterocycles. The first kappa shape index (κ1) is 21.8. The molecule has 30 heavy (non-hydrogen) atoms. The Morgan fingerprint density at radius 3 is 2.40 bits per heavy atom. The molecule has 0 saturated heterocycles. The maximum Gasteiger partial charge on any atom is 0.262 e. The maximum absolute atomic E-state index is 12.9. The van der Waals surface area contributed by atoms with E-state index >= 15 is 0 Å². The number of amides is 1. The molecule has 1 aromatic heterocycles. The Labute approximate surface area is 179 Å². The van der Waals surface area contributed by atoms with E-state index in [1.807, 2.05) is 56.3 Å². The standard InChI is InChI=1S/C23H25N3O3S/c1-15(2)26-22(29)18-11-7-8-12-19(18)25-23(26)30-14-21(28)24-20(16(3)27)13-17-9-5-4-6-10-17/h4-12,15,20H,13-14H2,1-3H3,(H,24,28)/t20-/m0/s1. The van der Waals surface area contributed by atoms with Crippen molar-refractivity contribution in [3.05, 3.63) is 70.5 Å². The molecule has 156 valence electrons. The first-order valence-corrected chi connectivity index (χ1v) is 10.8. The van der Waals surface area contributed by atoms with Gasteiger partial charge in [-0.3, -0.25) is 19.0 Å². The SMILES string of the molecule is CC(=O)[C@H](Cc1ccccc1)NC(=O)CSc1nc2ccccc2c(=O)n1C(C)C. The summed E-state index contributed by atoms with van der Waals surface area (Å²) in [6.45, 7) is 5.30. The average Bonchev–Trinajstić information content (AvgIpc) is 2.72. The number of ketones is 1. The second-order valence-electron chi connectivity index (χ2n) is 7.39. The number of thioether (sulfide) groups is 1. The zero-order chi connectivity index (χ0) is 21.7. The minimum atomic E-state index is -0.586. The number of hydrogen-bond donors (Lipinski definition) is 1. The van der Waals surface area contributed by atoms with Gasteiger partial charge in [-0.2, -0.15) is 0 Å². The number of carbonyl (C=O) groups excluding carboxylic acids is 2. The van der Waals surface area contributed by atoms with Crippen molar-refractivity contribution in [3.63, 3.8) is 0 Å². The van der Waals surface area contributed by atoms with Crippen molar-refractivity contribution in [2.75, 3.05) is 5.75 Å². The van der Waals surface area contributed by atoms with E-state index in [2.05, 4.69) is 10.3 Å². The van der Waals surface area contributed by atoms with E-state index in [0.717, 1.165) is 5.56 Å². The van der Waals surface area contributed by atoms with Gasteiger partial charge in [-0.1, -0.05) is 54.2 Å². The molecule has 2 aromatic carbocycles. The number of fused-ring (bicyclic) bond motifs is 1. The highest BCUT2D eigenvalue weighted by Crippen LogP contribution is 2.20. The van der Waals surface area contributed by atoms with E-state index < -0.39 is 6.04 Å². The van der Waals surface area contributed by atoms with Crippen LogP contribution < -0.4 is 10.9 Å². The van der Waals surface area contributed by atoms with Gasteiger partial charge in [0.25, 0.3) is 5.56 Å². The third-order valence-electron chi connectivity index (χ3n) is 4.73. The summed E-state index contributed by atoms with van der Waals surface area (Å²) in [5.74, 6) is -0.301. The summed E-state index contributed by atoms with van der Waals surface area (Å²) in [5.41, 5.74) is 1.47. The lowest BCUT2D eigenvalue weighted by molar-refractivity contribution is -0.125. The van der Waals surface area contributed by atoms with Crippen molar-refractivity contribution in [2.45, 2.75) is 44.4 Å². The van der Waals surface area contributed by atoms with Crippen LogP contribution in [0.25, 0.3) is 10.9 Å². The fourth-order valence-electron chi connectivity index (χ4n) is 3.20. The Kier molecular flexibility index (Phi) is 7.05. The second kappa shape index (κ2) is 9.71. The van der Waals surface area contributed by atoms with Crippen LogP contribution in [0.3, 0.4) is 0 Å². The smallest absolute Gasteiger partial charge is 0.262 e. The van der Waals surface area contributed by atoms with Crippen molar-refractivity contribution < 1.29 is 9.59 Å². The molecule has 0 unspecified atom stereocenters. The monoisotopic (exact) mass is 423 g/mol. The average molecular weight is 424 g/mol. The van der Waals surface area contributed by atoms with E-state index in [-0.39, 0.29) is 29.0 Å². The third kappa shape index (κ3) is 5.16. The normalized spacial score (nSPS) is 12.1. The molecular formula is C23H25N3O3S. The molecule has 3 rings (SSSR count). The summed E-state index contributed by atoms with van der Waals surface area (Å²) in [5, 5.41) is 3.86. The highest BCUT2D eigenvalue weighted by atomic mass is 32.2. The summed E-state index contributed by atoms with van der Waals surface area (Å²) in [7, 11) is 0. The van der Waals surface area contributed by atoms with E-state index in [4.69, 9.17) is 0 Å². The number of aromatic nitrogens is 2. The van der Waals surface area contributed by atoms with E-state index in [0.29, 0.717) is 22.5 Å². The Bertz CT molecular complexity index is 1110. The van der Waals surface area contributed by atoms with Crippen LogP contribution in [0.2, 0.25) is 0 Å². The van der Waals surface area contributed by atoms with Crippen LogP contribution in [0.4, 0.5) is 0 Å². The van der Waals surface area contributed by atoms with Gasteiger partial charge in [-0.25, -0.2) is 4.98 Å². The molecule has 7 heteroatoms. The fraction of sp³-hybridized carbons (Fsp3) is 0.304. The number of rotatable bonds is 8. The van der Waals surface area contributed by atoms with Gasteiger partial charge in [0.15, 0.2) is 10.9 Å². The fourth-order valence-corrected chi connectivity index (χ4v) is 4.13. The summed E-state index contributed by atoms with van der Waals surface area (Å²) in [6, 6.07) is 16.1. The van der Waals surface area contributed by atoms with E-state index in [9.17, 15) is 14.4 Å². The number of hydrogen-bond acceptors (Lipinski definition) is 5. The van der Waals surface area contributed by atoms with Gasteiger partial charge in [0.05, 0.1) is 22.7 Å². The largest absolute Gasteiger partial charge is 0.345 e. The predicted molar refractivity (Wildman–Crippen MR) is 120 cm³/mol. The zero-order valence-corrected chi connectivity index (χ0v) is 18.1. The maximum atomic E-state index is 12.9. The summed E-state index contributed by atoms with van der Waals surface area (Å²) >= 11 is 1.20. The van der Waals surface area contributed by atoms with Crippen molar-refractivity contribution >= 4 is 34.4 Å². The number of Topliss-reactive ketones (excluding diaryl/α,β-unsaturated/α-hetero) is 1. The first-order valence-electron chi connectivity index (χ1n) is 9.84. The lowest BCUT2D eigenvalue weighted by atomic mass is 10.0. The highest BCUT2D eigenvalue weighted by Gasteiger charge is 2.19. The lowest BCUT2D eigenvalue weighted by Gasteiger charge is -2.18. The molecule has 3 aromatic rings. The minimum Gasteiger partial charge on any atom is -0.345 e. The van der Waals surface area contributed by atoms with Crippen LogP contribution >= 0.6 is 11.8 Å². The van der Waals surface area contributed by atoms with Crippen LogP contribution in [0, 0.1) is 0 Å². The van der Waals surface area contributed by atoms with Crippen molar-refractivity contribution in [3.8, 4) is 0 Å². The quantitative estimate of drug-likeness (QED) is 0.444. The summed E-state index contributed by atoms with van der Waals surface area (Å²) < 4.78 is 1.60. The third-order valence-corrected chi connectivity index (χ3v) is 5.69. The van der Waals surface area contributed by atoms with Gasteiger partial charge in [-0.15, -0.1) is 0 Å². The molecule has 1 N–H and O–H groups in total. The predicted octanol–water partition coefficient (Wildman–Crippen LogP) is 3.39. The summed E-state index contributed by atoms with van der Waals surface area (Å²) in [6.07, 6.45) is 0.442. The summed E-state index contributed by atoms with van der Waals surface area (Å²) in [4.78, 5) is 42.0. The first-order chi connectivity index (χ1) is 14.4. The second-order valence-corrected chi connectivity index (χ2v) is 8.33. The number of nitrogens with one attached hydrogen (secondary N) is 1. The van der Waals surface area contributed by atoms with Gasteiger partial charge in [-0.05, 0) is 44.9 Å². The van der Waals surface area contributed by atoms with Crippen LogP contribution in [0.5, 0.6) is 0 Å². The van der Waals surface area contributed by atoms with Crippen LogP contribution in [0.1, 0.15) is 32.4 Å². The number of nitrogens with zero attached hydrogens (tertiary/aromatic N) is 2. The van der Waals surface area contributed by atoms with Crippen LogP contribution in [-0.4, -0.2) is 33.0 Å². The van der Waals surface area contributed by atoms with Crippen LogP contribution in [0.15, 0.2) is 64.5 Å². The molecule has 0 aliphatic carbocycles. The molecule has 0 spiro atoms. The minimum absolute atomic E-state index is 0.0655. The molecule has 0 saturated carbocycles. The topological polar surface area (TPSA) is 81.1 Å². The lowest BCUT2D eigenvalue weighted by Crippen LogP contribution is -2.42. The van der Waals surface area contributed by atoms with Gasteiger partial charge in [0, 0.05) is 6.04 Å². The van der Waals surface area contributed by atoms with Gasteiger partial charge in [0.1, 0.15) is 0 Å². The zero-order valence-electron chi connectivity index (χ0n) is 17.3. The molecule has 1 amide bonds. The number of benzene rings is 2. The number of carbonyl (C=O) groups is 2. The molecule has 1 atom stereocenters. The molecule has 0 fully saturated rings. The molecule has 0 aliphatic rings. The van der Waals surface area contributed by atoms with Crippen molar-refractivity contribution in [1.82, 2.24) is 14.9 Å². The van der Waals surface area contributed by atoms with Gasteiger partial charge in [0.2, 0.25) is 5.91 Å². The van der Waals surface area contributed by atoms with Gasteiger partial charge < -0.3 is 5.32 Å². The molecular weight excluding hydrogens is 398 g/mol. The van der Waals surface area contributed by atoms with Crippen LogP contribution in [-0.2, 0) is 16.0 Å². The number of para-hydroxylation sites is 1. The Morgan fingerprint density at radius 2 is 1.73 bits per heavy atom. The molecule has 0 radical (unpaired) electrons. The molecule has 6 nitrogen and oxygen atoms in total. The Morgan fingerprint density at radius 1 is 1.07 bits per heavy atom. The highest BCUT2D eigenvalue weighted by molar-refractivity contribution is 7.99. The Balaban J connectivity index is 1.75. The molecule has 1 heterocycles. The van der Waals surface area contributed by atoms with Gasteiger partial charge >= 0.3 is 0 Å². The van der Waals surface area contributed by atoms with E-state index in [1.54, 1.807) is 16.7 Å². The van der Waals surface area contributed by atoms with E-state index in [1.165, 1.54) is 18.7 Å².